The van der Waals surface area contributed by atoms with Gasteiger partial charge in [-0.1, -0.05) is 0 Å². The van der Waals surface area contributed by atoms with Gasteiger partial charge in [0.25, 0.3) is 5.91 Å². The van der Waals surface area contributed by atoms with Gasteiger partial charge in [0, 0.05) is 12.2 Å². The maximum absolute atomic E-state index is 12.4. The van der Waals surface area contributed by atoms with Crippen LogP contribution in [0.4, 0.5) is 13.2 Å². The number of hydrogen-bond acceptors (Lipinski definition) is 4. The Hall–Kier alpha value is -2.16. The Kier molecular flexibility index (Phi) is 5.99. The van der Waals surface area contributed by atoms with Crippen LogP contribution in [0.25, 0.3) is 0 Å². The van der Waals surface area contributed by atoms with E-state index >= 15 is 0 Å². The Morgan fingerprint density at radius 3 is 2.48 bits per heavy atom. The van der Waals surface area contributed by atoms with Gasteiger partial charge in [0.15, 0.2) is 0 Å². The molecular weight excluding hydrogens is 339 g/mol. The summed E-state index contributed by atoms with van der Waals surface area (Å²) in [5.41, 5.74) is 0.0907. The number of pyridine rings is 1. The second kappa shape index (κ2) is 7.81. The van der Waals surface area contributed by atoms with Crippen LogP contribution in [0.1, 0.15) is 40.6 Å². The van der Waals surface area contributed by atoms with Gasteiger partial charge in [-0.3, -0.25) is 14.7 Å². The van der Waals surface area contributed by atoms with Crippen molar-refractivity contribution in [2.45, 2.75) is 32.0 Å². The molecule has 0 bridgehead atoms. The number of carboxylic acids is 1. The topological polar surface area (TPSA) is 82.5 Å². The van der Waals surface area contributed by atoms with Crippen molar-refractivity contribution < 1.29 is 27.9 Å². The van der Waals surface area contributed by atoms with Crippen molar-refractivity contribution in [3.63, 3.8) is 0 Å². The van der Waals surface area contributed by atoms with Crippen LogP contribution in [0.3, 0.4) is 0 Å². The summed E-state index contributed by atoms with van der Waals surface area (Å²) in [6, 6.07) is 2.42. The lowest BCUT2D eigenvalue weighted by atomic mass is 9.90. The number of aromatic carboxylic acids is 1. The standard InChI is InChI=1S/C16H20F3N3O3/c1-10(11-4-6-22(7-5-11)9-16(17,18)19)21-14(23)13-3-2-12(8-20-13)15(24)25/h2-3,8,10-11H,4-7,9H2,1H3,(H,21,23)(H,24,25). The molecule has 0 radical (unpaired) electrons. The van der Waals surface area contributed by atoms with E-state index in [9.17, 15) is 22.8 Å². The molecule has 1 aliphatic heterocycles. The first kappa shape index (κ1) is 19.2. The molecule has 2 rings (SSSR count). The fourth-order valence-corrected chi connectivity index (χ4v) is 2.92. The quantitative estimate of drug-likeness (QED) is 0.842. The fourth-order valence-electron chi connectivity index (χ4n) is 2.92. The summed E-state index contributed by atoms with van der Waals surface area (Å²) in [7, 11) is 0. The highest BCUT2D eigenvalue weighted by atomic mass is 19.4. The molecule has 0 spiro atoms. The van der Waals surface area contributed by atoms with Gasteiger partial charge in [-0.15, -0.1) is 0 Å². The van der Waals surface area contributed by atoms with Crippen molar-refractivity contribution in [1.29, 1.82) is 0 Å². The zero-order chi connectivity index (χ0) is 18.6. The van der Waals surface area contributed by atoms with Gasteiger partial charge in [0.05, 0.1) is 12.1 Å². The van der Waals surface area contributed by atoms with E-state index in [2.05, 4.69) is 10.3 Å². The lowest BCUT2D eigenvalue weighted by Crippen LogP contribution is -2.46. The number of likely N-dealkylation sites (tertiary alicyclic amines) is 1. The van der Waals surface area contributed by atoms with Crippen molar-refractivity contribution in [1.82, 2.24) is 15.2 Å². The summed E-state index contributed by atoms with van der Waals surface area (Å²) in [6.07, 6.45) is -1.94. The lowest BCUT2D eigenvalue weighted by Gasteiger charge is -2.35. The number of carboxylic acid groups (broad SMARTS) is 1. The van der Waals surface area contributed by atoms with E-state index in [4.69, 9.17) is 5.11 Å². The molecule has 0 saturated carbocycles. The third-order valence-electron chi connectivity index (χ3n) is 4.34. The molecule has 1 unspecified atom stereocenters. The molecule has 1 atom stereocenters. The Balaban J connectivity index is 1.84. The van der Waals surface area contributed by atoms with Crippen molar-refractivity contribution in [2.24, 2.45) is 5.92 Å². The minimum Gasteiger partial charge on any atom is -0.478 e. The number of nitrogens with zero attached hydrogens (tertiary/aromatic N) is 2. The molecule has 6 nitrogen and oxygen atoms in total. The van der Waals surface area contributed by atoms with Crippen LogP contribution in [0.15, 0.2) is 18.3 Å². The molecule has 2 N–H and O–H groups in total. The van der Waals surface area contributed by atoms with Crippen molar-refractivity contribution >= 4 is 11.9 Å². The second-order valence-corrected chi connectivity index (χ2v) is 6.23. The van der Waals surface area contributed by atoms with Gasteiger partial charge in [0.1, 0.15) is 5.69 Å². The third kappa shape index (κ3) is 5.70. The minimum atomic E-state index is -4.19. The highest BCUT2D eigenvalue weighted by Gasteiger charge is 2.33. The number of amides is 1. The Morgan fingerprint density at radius 2 is 2.00 bits per heavy atom. The van der Waals surface area contributed by atoms with E-state index in [1.165, 1.54) is 17.0 Å². The van der Waals surface area contributed by atoms with Gasteiger partial charge in [-0.05, 0) is 50.9 Å². The van der Waals surface area contributed by atoms with Gasteiger partial charge < -0.3 is 10.4 Å². The van der Waals surface area contributed by atoms with Gasteiger partial charge in [-0.2, -0.15) is 13.2 Å². The minimum absolute atomic E-state index is 0.0124. The maximum Gasteiger partial charge on any atom is 0.401 e. The van der Waals surface area contributed by atoms with Crippen molar-refractivity contribution in [3.8, 4) is 0 Å². The molecule has 2 heterocycles. The number of hydrogen-bond donors (Lipinski definition) is 2. The number of halogens is 3. The van der Waals surface area contributed by atoms with Crippen LogP contribution < -0.4 is 5.32 Å². The highest BCUT2D eigenvalue weighted by Crippen LogP contribution is 2.24. The molecule has 1 amide bonds. The van der Waals surface area contributed by atoms with Crippen LogP contribution >= 0.6 is 0 Å². The number of carbonyl (C=O) groups excluding carboxylic acids is 1. The monoisotopic (exact) mass is 359 g/mol. The number of rotatable bonds is 5. The molecule has 1 aromatic heterocycles. The van der Waals surface area contributed by atoms with Gasteiger partial charge in [0.2, 0.25) is 0 Å². The molecule has 9 heteroatoms. The van der Waals surface area contributed by atoms with Crippen LogP contribution in [0.2, 0.25) is 0 Å². The number of carbonyl (C=O) groups is 2. The summed E-state index contributed by atoms with van der Waals surface area (Å²) in [6.45, 7) is 1.60. The van der Waals surface area contributed by atoms with E-state index in [0.29, 0.717) is 25.9 Å². The predicted octanol–water partition coefficient (Wildman–Crippen LogP) is 2.17. The predicted molar refractivity (Wildman–Crippen MR) is 83.3 cm³/mol. The molecule has 1 saturated heterocycles. The Labute approximate surface area is 143 Å². The van der Waals surface area contributed by atoms with E-state index in [1.807, 2.05) is 6.92 Å². The number of alkyl halides is 3. The molecule has 25 heavy (non-hydrogen) atoms. The van der Waals surface area contributed by atoms with E-state index < -0.39 is 24.6 Å². The molecule has 1 aliphatic rings. The summed E-state index contributed by atoms with van der Waals surface area (Å²) in [5, 5.41) is 11.6. The van der Waals surface area contributed by atoms with Crippen molar-refractivity contribution in [2.75, 3.05) is 19.6 Å². The van der Waals surface area contributed by atoms with E-state index in [0.717, 1.165) is 6.20 Å². The van der Waals surface area contributed by atoms with E-state index in [1.54, 1.807) is 0 Å². The van der Waals surface area contributed by atoms with Crippen LogP contribution in [0.5, 0.6) is 0 Å². The zero-order valence-electron chi connectivity index (χ0n) is 13.7. The maximum atomic E-state index is 12.4. The Bertz CT molecular complexity index is 611. The highest BCUT2D eigenvalue weighted by molar-refractivity contribution is 5.93. The average molecular weight is 359 g/mol. The molecule has 1 fully saturated rings. The van der Waals surface area contributed by atoms with Gasteiger partial charge in [-0.25, -0.2) is 4.79 Å². The molecule has 1 aromatic rings. The van der Waals surface area contributed by atoms with E-state index in [-0.39, 0.29) is 23.2 Å². The summed E-state index contributed by atoms with van der Waals surface area (Å²) in [5.74, 6) is -1.47. The summed E-state index contributed by atoms with van der Waals surface area (Å²) >= 11 is 0. The smallest absolute Gasteiger partial charge is 0.401 e. The average Bonchev–Trinajstić information content (AvgIpc) is 2.54. The molecule has 0 aliphatic carbocycles. The number of piperidine rings is 1. The van der Waals surface area contributed by atoms with Crippen LogP contribution in [0, 0.1) is 5.92 Å². The molecule has 0 aromatic carbocycles. The third-order valence-corrected chi connectivity index (χ3v) is 4.34. The van der Waals surface area contributed by atoms with Crippen LogP contribution in [-0.4, -0.2) is 58.7 Å². The van der Waals surface area contributed by atoms with Gasteiger partial charge >= 0.3 is 12.1 Å². The number of aromatic nitrogens is 1. The van der Waals surface area contributed by atoms with Crippen LogP contribution in [-0.2, 0) is 0 Å². The zero-order valence-corrected chi connectivity index (χ0v) is 13.7. The second-order valence-electron chi connectivity index (χ2n) is 6.23. The summed E-state index contributed by atoms with van der Waals surface area (Å²) < 4.78 is 37.2. The molecular formula is C16H20F3N3O3. The normalized spacial score (nSPS) is 17.9. The van der Waals surface area contributed by atoms with Crippen molar-refractivity contribution in [3.05, 3.63) is 29.6 Å². The lowest BCUT2D eigenvalue weighted by molar-refractivity contribution is -0.148. The fraction of sp³-hybridized carbons (Fsp3) is 0.562. The Morgan fingerprint density at radius 1 is 1.36 bits per heavy atom. The first-order valence-electron chi connectivity index (χ1n) is 7.95. The first-order valence-corrected chi connectivity index (χ1v) is 7.95. The largest absolute Gasteiger partial charge is 0.478 e. The number of nitrogens with one attached hydrogen (secondary N) is 1. The molecule has 138 valence electrons. The summed E-state index contributed by atoms with van der Waals surface area (Å²) in [4.78, 5) is 28.1. The SMILES string of the molecule is CC(NC(=O)c1ccc(C(=O)O)cn1)C1CCN(CC(F)(F)F)CC1. The first-order chi connectivity index (χ1) is 11.7.